The molecule has 4 rings (SSSR count). The van der Waals surface area contributed by atoms with Crippen molar-refractivity contribution < 1.29 is 0 Å². The number of hydrogen-bond acceptors (Lipinski definition) is 1. The fraction of sp³-hybridized carbons (Fsp3) is 0.500. The van der Waals surface area contributed by atoms with Crippen molar-refractivity contribution in [3.63, 3.8) is 0 Å². The lowest BCUT2D eigenvalue weighted by molar-refractivity contribution is 0.139. The van der Waals surface area contributed by atoms with Gasteiger partial charge >= 0.3 is 0 Å². The fourth-order valence-corrected chi connectivity index (χ4v) is 4.21. The van der Waals surface area contributed by atoms with Crippen molar-refractivity contribution in [1.82, 2.24) is 9.88 Å². The van der Waals surface area contributed by atoms with Gasteiger partial charge in [0, 0.05) is 29.7 Å². The van der Waals surface area contributed by atoms with Gasteiger partial charge in [-0.05, 0) is 37.3 Å². The molecule has 1 aromatic carbocycles. The highest BCUT2D eigenvalue weighted by Crippen LogP contribution is 2.46. The molecular formula is C16H20N2. The van der Waals surface area contributed by atoms with Crippen molar-refractivity contribution in [3.8, 4) is 0 Å². The van der Waals surface area contributed by atoms with Crippen LogP contribution in [0, 0.1) is 5.92 Å². The summed E-state index contributed by atoms with van der Waals surface area (Å²) < 4.78 is 0. The molecule has 0 radical (unpaired) electrons. The second kappa shape index (κ2) is 3.39. The van der Waals surface area contributed by atoms with Crippen LogP contribution in [0.3, 0.4) is 0 Å². The van der Waals surface area contributed by atoms with E-state index in [4.69, 9.17) is 0 Å². The van der Waals surface area contributed by atoms with Gasteiger partial charge in [-0.1, -0.05) is 25.1 Å². The minimum atomic E-state index is 0.242. The van der Waals surface area contributed by atoms with Gasteiger partial charge in [0.05, 0.1) is 5.54 Å². The molecule has 0 spiro atoms. The highest BCUT2D eigenvalue weighted by Gasteiger charge is 2.46. The van der Waals surface area contributed by atoms with Gasteiger partial charge in [0.15, 0.2) is 0 Å². The zero-order valence-corrected chi connectivity index (χ0v) is 11.2. The van der Waals surface area contributed by atoms with Crippen molar-refractivity contribution >= 4 is 10.9 Å². The van der Waals surface area contributed by atoms with E-state index in [0.29, 0.717) is 0 Å². The van der Waals surface area contributed by atoms with Crippen molar-refractivity contribution in [2.24, 2.45) is 5.92 Å². The second-order valence-corrected chi connectivity index (χ2v) is 6.30. The summed E-state index contributed by atoms with van der Waals surface area (Å²) in [6.07, 6.45) is 2.48. The molecule has 1 saturated heterocycles. The van der Waals surface area contributed by atoms with E-state index in [1.807, 2.05) is 0 Å². The Kier molecular flexibility index (Phi) is 2.00. The van der Waals surface area contributed by atoms with Gasteiger partial charge in [-0.3, -0.25) is 4.90 Å². The van der Waals surface area contributed by atoms with Crippen molar-refractivity contribution in [1.29, 1.82) is 0 Å². The Labute approximate surface area is 108 Å². The summed E-state index contributed by atoms with van der Waals surface area (Å²) in [6.45, 7) is 7.27. The molecular weight excluding hydrogens is 220 g/mol. The maximum atomic E-state index is 3.71. The number of H-pyrrole nitrogens is 1. The molecule has 1 N–H and O–H groups in total. The number of aromatic nitrogens is 1. The molecule has 1 fully saturated rings. The Morgan fingerprint density at radius 3 is 3.06 bits per heavy atom. The first kappa shape index (κ1) is 10.6. The molecule has 2 atom stereocenters. The van der Waals surface area contributed by atoms with Crippen LogP contribution in [0.1, 0.15) is 31.5 Å². The third-order valence-corrected chi connectivity index (χ3v) is 4.96. The lowest BCUT2D eigenvalue weighted by Crippen LogP contribution is -2.44. The Hall–Kier alpha value is -1.28. The van der Waals surface area contributed by atoms with E-state index in [1.54, 1.807) is 5.56 Å². The molecule has 2 unspecified atom stereocenters. The largest absolute Gasteiger partial charge is 0.357 e. The van der Waals surface area contributed by atoms with Gasteiger partial charge in [0.2, 0.25) is 0 Å². The smallest absolute Gasteiger partial charge is 0.0589 e. The van der Waals surface area contributed by atoms with E-state index >= 15 is 0 Å². The van der Waals surface area contributed by atoms with Crippen molar-refractivity contribution in [2.75, 3.05) is 13.1 Å². The lowest BCUT2D eigenvalue weighted by Gasteiger charge is -2.39. The van der Waals surface area contributed by atoms with Gasteiger partial charge in [-0.15, -0.1) is 0 Å². The molecule has 94 valence electrons. The van der Waals surface area contributed by atoms with Crippen LogP contribution in [0.2, 0.25) is 0 Å². The predicted octanol–water partition coefficient (Wildman–Crippen LogP) is 3.28. The van der Waals surface area contributed by atoms with Gasteiger partial charge in [-0.2, -0.15) is 0 Å². The third kappa shape index (κ3) is 1.22. The number of nitrogens with zero attached hydrogens (tertiary/aromatic N) is 1. The molecule has 18 heavy (non-hydrogen) atoms. The van der Waals surface area contributed by atoms with E-state index in [2.05, 4.69) is 48.0 Å². The molecule has 3 heterocycles. The molecule has 2 nitrogen and oxygen atoms in total. The number of aromatic amines is 1. The Morgan fingerprint density at radius 1 is 1.33 bits per heavy atom. The monoisotopic (exact) mass is 240 g/mol. The van der Waals surface area contributed by atoms with Crippen molar-refractivity contribution in [2.45, 2.75) is 32.2 Å². The Bertz CT molecular complexity index is 613. The third-order valence-electron chi connectivity index (χ3n) is 4.96. The van der Waals surface area contributed by atoms with Crippen LogP contribution >= 0.6 is 0 Å². The van der Waals surface area contributed by atoms with E-state index in [1.165, 1.54) is 42.5 Å². The first-order valence-electron chi connectivity index (χ1n) is 7.03. The zero-order valence-electron chi connectivity index (χ0n) is 11.2. The molecule has 2 heteroatoms. The number of benzene rings is 1. The first-order valence-corrected chi connectivity index (χ1v) is 7.03. The average molecular weight is 240 g/mol. The van der Waals surface area contributed by atoms with Crippen LogP contribution in [0.25, 0.3) is 10.9 Å². The minimum Gasteiger partial charge on any atom is -0.357 e. The predicted molar refractivity (Wildman–Crippen MR) is 74.7 cm³/mol. The molecule has 0 amide bonds. The molecule has 0 aliphatic carbocycles. The molecule has 2 aromatic rings. The normalized spacial score (nSPS) is 31.6. The molecule has 0 bridgehead atoms. The van der Waals surface area contributed by atoms with Crippen LogP contribution in [-0.4, -0.2) is 23.0 Å². The zero-order chi connectivity index (χ0) is 12.3. The summed E-state index contributed by atoms with van der Waals surface area (Å²) in [4.78, 5) is 6.38. The highest BCUT2D eigenvalue weighted by molar-refractivity contribution is 5.85. The summed E-state index contributed by atoms with van der Waals surface area (Å²) >= 11 is 0. The summed E-state index contributed by atoms with van der Waals surface area (Å²) in [7, 11) is 0. The lowest BCUT2D eigenvalue weighted by atomic mass is 9.85. The Balaban J connectivity index is 1.97. The maximum absolute atomic E-state index is 3.71. The Morgan fingerprint density at radius 2 is 2.17 bits per heavy atom. The number of nitrogens with one attached hydrogen (secondary N) is 1. The summed E-state index contributed by atoms with van der Waals surface area (Å²) in [5, 5.41) is 1.44. The van der Waals surface area contributed by atoms with E-state index < -0.39 is 0 Å². The van der Waals surface area contributed by atoms with Crippen LogP contribution in [-0.2, 0) is 12.0 Å². The topological polar surface area (TPSA) is 19.0 Å². The average Bonchev–Trinajstić information content (AvgIpc) is 2.86. The van der Waals surface area contributed by atoms with E-state index in [-0.39, 0.29) is 5.54 Å². The van der Waals surface area contributed by atoms with E-state index in [9.17, 15) is 0 Å². The van der Waals surface area contributed by atoms with Crippen LogP contribution in [0.4, 0.5) is 0 Å². The van der Waals surface area contributed by atoms with Gasteiger partial charge in [0.1, 0.15) is 0 Å². The summed E-state index contributed by atoms with van der Waals surface area (Å²) in [6, 6.07) is 8.76. The number of hydrogen-bond donors (Lipinski definition) is 1. The number of fused-ring (bicyclic) bond motifs is 5. The second-order valence-electron chi connectivity index (χ2n) is 6.30. The standard InChI is InChI=1S/C16H20N2/c1-11-9-16(2)15-13(7-8-18(16)10-11)12-5-3-4-6-14(12)17-15/h3-6,11,17H,7-10H2,1-2H3. The molecule has 1 aromatic heterocycles. The SMILES string of the molecule is CC1CN2CCc3c([nH]c4ccccc34)C2(C)C1. The number of para-hydroxylation sites is 1. The van der Waals surface area contributed by atoms with Gasteiger partial charge < -0.3 is 4.98 Å². The first-order chi connectivity index (χ1) is 8.68. The van der Waals surface area contributed by atoms with Crippen LogP contribution in [0.15, 0.2) is 24.3 Å². The quantitative estimate of drug-likeness (QED) is 0.748. The fourth-order valence-electron chi connectivity index (χ4n) is 4.21. The maximum Gasteiger partial charge on any atom is 0.0589 e. The van der Waals surface area contributed by atoms with Gasteiger partial charge in [0.25, 0.3) is 0 Å². The van der Waals surface area contributed by atoms with Crippen molar-refractivity contribution in [3.05, 3.63) is 35.5 Å². The minimum absolute atomic E-state index is 0.242. The summed E-state index contributed by atoms with van der Waals surface area (Å²) in [5.74, 6) is 0.812. The number of rotatable bonds is 0. The van der Waals surface area contributed by atoms with Gasteiger partial charge in [-0.25, -0.2) is 0 Å². The molecule has 2 aliphatic rings. The molecule has 2 aliphatic heterocycles. The van der Waals surface area contributed by atoms with Crippen LogP contribution < -0.4 is 0 Å². The highest BCUT2D eigenvalue weighted by atomic mass is 15.2. The summed E-state index contributed by atoms with van der Waals surface area (Å²) in [5.41, 5.74) is 4.61. The molecule has 0 saturated carbocycles. The van der Waals surface area contributed by atoms with E-state index in [0.717, 1.165) is 5.92 Å². The van der Waals surface area contributed by atoms with Crippen LogP contribution in [0.5, 0.6) is 0 Å².